The van der Waals surface area contributed by atoms with Crippen LogP contribution in [0.5, 0.6) is 51.7 Å². The average molecular weight is 455 g/mol. The third-order valence-corrected chi connectivity index (χ3v) is 5.70. The summed E-state index contributed by atoms with van der Waals surface area (Å²) in [5.41, 5.74) is -0.466. The van der Waals surface area contributed by atoms with E-state index in [1.807, 2.05) is 6.07 Å². The van der Waals surface area contributed by atoms with Gasteiger partial charge in [-0.3, -0.25) is 0 Å². The van der Waals surface area contributed by atoms with E-state index < -0.39 is 63.6 Å². The zero-order valence-electron chi connectivity index (χ0n) is 17.4. The zero-order chi connectivity index (χ0) is 24.8. The van der Waals surface area contributed by atoms with Gasteiger partial charge >= 0.3 is 0 Å². The number of nitriles is 1. The van der Waals surface area contributed by atoms with Crippen LogP contribution in [0.3, 0.4) is 0 Å². The number of phenolic OH excluding ortho intramolecular Hbond substituents is 9. The molecule has 10 nitrogen and oxygen atoms in total. The Morgan fingerprint density at radius 2 is 1.03 bits per heavy atom. The lowest BCUT2D eigenvalue weighted by Crippen LogP contribution is -2.08. The molecule has 0 aromatic heterocycles. The Labute approximate surface area is 187 Å². The molecule has 172 valence electrons. The van der Waals surface area contributed by atoms with E-state index in [1.54, 1.807) is 12.1 Å². The van der Waals surface area contributed by atoms with Crippen molar-refractivity contribution in [2.75, 3.05) is 0 Å². The summed E-state index contributed by atoms with van der Waals surface area (Å²) in [6.07, 6.45) is 0. The third kappa shape index (κ3) is 3.36. The van der Waals surface area contributed by atoms with Crippen LogP contribution < -0.4 is 0 Å². The Morgan fingerprint density at radius 1 is 0.606 bits per heavy atom. The highest BCUT2D eigenvalue weighted by Gasteiger charge is 2.33. The minimum absolute atomic E-state index is 0.172. The largest absolute Gasteiger partial charge is 0.507 e. The number of hydrogen-bond donors (Lipinski definition) is 9. The molecule has 0 aliphatic heterocycles. The zero-order valence-corrected chi connectivity index (χ0v) is 17.4. The highest BCUT2D eigenvalue weighted by atomic mass is 16.4. The molecular formula is C23H21NO9. The van der Waals surface area contributed by atoms with Gasteiger partial charge in [-0.15, -0.1) is 0 Å². The van der Waals surface area contributed by atoms with E-state index in [0.717, 1.165) is 0 Å². The second kappa shape index (κ2) is 8.12. The molecule has 0 aliphatic rings. The van der Waals surface area contributed by atoms with E-state index in [-0.39, 0.29) is 27.8 Å². The topological polar surface area (TPSA) is 206 Å². The highest BCUT2D eigenvalue weighted by molar-refractivity contribution is 5.71. The second-order valence-corrected chi connectivity index (χ2v) is 7.50. The average Bonchev–Trinajstić information content (AvgIpc) is 2.81. The molecule has 0 aliphatic carbocycles. The van der Waals surface area contributed by atoms with E-state index in [2.05, 4.69) is 0 Å². The summed E-state index contributed by atoms with van der Waals surface area (Å²) in [5, 5.41) is 101. The van der Waals surface area contributed by atoms with Gasteiger partial charge in [0, 0.05) is 11.5 Å². The van der Waals surface area contributed by atoms with E-state index in [9.17, 15) is 51.2 Å². The maximum Gasteiger partial charge on any atom is 0.208 e. The summed E-state index contributed by atoms with van der Waals surface area (Å²) in [6, 6.07) is 8.00. The standard InChI is InChI=1S/C23H21NO9/c1-8(13-17(27)21(31)23(33)22(32)18(13)28)10-5-3-4-6-11(10)12(7-24)14-15(25)9(2)16(26)20(30)19(14)29/h3-6,8,12,25-33H,1-2H3/t8-,12+/m1/s1. The molecule has 2 atom stereocenters. The van der Waals surface area contributed by atoms with E-state index in [0.29, 0.717) is 0 Å². The van der Waals surface area contributed by atoms with Crippen LogP contribution in [0.1, 0.15) is 46.6 Å². The SMILES string of the molecule is Cc1c(O)c(O)c(O)c([C@@H](C#N)c2ccccc2[C@@H](C)c2c(O)c(O)c(O)c(O)c2O)c1O. The van der Waals surface area contributed by atoms with Gasteiger partial charge in [-0.25, -0.2) is 0 Å². The fraction of sp³-hybridized carbons (Fsp3) is 0.174. The van der Waals surface area contributed by atoms with Gasteiger partial charge < -0.3 is 46.0 Å². The lowest BCUT2D eigenvalue weighted by atomic mass is 9.81. The van der Waals surface area contributed by atoms with Crippen molar-refractivity contribution in [3.8, 4) is 57.8 Å². The van der Waals surface area contributed by atoms with Crippen molar-refractivity contribution in [2.45, 2.75) is 25.7 Å². The number of phenols is 9. The van der Waals surface area contributed by atoms with Gasteiger partial charge in [0.1, 0.15) is 11.7 Å². The first-order valence-corrected chi connectivity index (χ1v) is 9.58. The lowest BCUT2D eigenvalue weighted by Gasteiger charge is -2.24. The molecule has 0 fully saturated rings. The van der Waals surface area contributed by atoms with Crippen molar-refractivity contribution in [2.24, 2.45) is 0 Å². The van der Waals surface area contributed by atoms with Crippen molar-refractivity contribution < 1.29 is 46.0 Å². The molecular weight excluding hydrogens is 434 g/mol. The molecule has 0 saturated carbocycles. The Balaban J connectivity index is 2.29. The summed E-state index contributed by atoms with van der Waals surface area (Å²) >= 11 is 0. The van der Waals surface area contributed by atoms with Crippen LogP contribution in [0.4, 0.5) is 0 Å². The summed E-state index contributed by atoms with van der Waals surface area (Å²) in [7, 11) is 0. The first kappa shape index (κ1) is 23.0. The summed E-state index contributed by atoms with van der Waals surface area (Å²) in [4.78, 5) is 0. The normalized spacial score (nSPS) is 12.8. The maximum absolute atomic E-state index is 10.5. The molecule has 0 unspecified atom stereocenters. The van der Waals surface area contributed by atoms with Crippen LogP contribution in [0.25, 0.3) is 0 Å². The van der Waals surface area contributed by atoms with E-state index in [1.165, 1.54) is 26.0 Å². The maximum atomic E-state index is 10.5. The van der Waals surface area contributed by atoms with Crippen molar-refractivity contribution in [3.63, 3.8) is 0 Å². The highest BCUT2D eigenvalue weighted by Crippen LogP contribution is 2.55. The third-order valence-electron chi connectivity index (χ3n) is 5.70. The van der Waals surface area contributed by atoms with Gasteiger partial charge in [-0.2, -0.15) is 5.26 Å². The van der Waals surface area contributed by atoms with Gasteiger partial charge in [0.2, 0.25) is 23.0 Å². The number of hydrogen-bond acceptors (Lipinski definition) is 10. The van der Waals surface area contributed by atoms with Crippen molar-refractivity contribution in [1.82, 2.24) is 0 Å². The molecule has 0 amide bonds. The van der Waals surface area contributed by atoms with Crippen LogP contribution in [0.15, 0.2) is 24.3 Å². The minimum Gasteiger partial charge on any atom is -0.507 e. The number of aromatic hydroxyl groups is 9. The van der Waals surface area contributed by atoms with Crippen LogP contribution in [0.2, 0.25) is 0 Å². The summed E-state index contributed by atoms with van der Waals surface area (Å²) < 4.78 is 0. The lowest BCUT2D eigenvalue weighted by molar-refractivity contribution is 0.323. The Kier molecular flexibility index (Phi) is 5.67. The van der Waals surface area contributed by atoms with Crippen LogP contribution >= 0.6 is 0 Å². The Morgan fingerprint density at radius 3 is 1.55 bits per heavy atom. The number of nitrogens with zero attached hydrogens (tertiary/aromatic N) is 1. The van der Waals surface area contributed by atoms with Crippen LogP contribution in [-0.4, -0.2) is 46.0 Å². The molecule has 3 rings (SSSR count). The minimum atomic E-state index is -1.39. The van der Waals surface area contributed by atoms with Crippen molar-refractivity contribution in [3.05, 3.63) is 52.1 Å². The van der Waals surface area contributed by atoms with Crippen LogP contribution in [0, 0.1) is 18.3 Å². The fourth-order valence-corrected chi connectivity index (χ4v) is 3.84. The molecule has 0 spiro atoms. The van der Waals surface area contributed by atoms with Gasteiger partial charge in [0.25, 0.3) is 0 Å². The first-order valence-electron chi connectivity index (χ1n) is 9.58. The Hall–Kier alpha value is -4.65. The first-order chi connectivity index (χ1) is 15.4. The fourth-order valence-electron chi connectivity index (χ4n) is 3.84. The van der Waals surface area contributed by atoms with Gasteiger partial charge in [-0.05, 0) is 18.1 Å². The predicted octanol–water partition coefficient (Wildman–Crippen LogP) is 3.15. The van der Waals surface area contributed by atoms with Crippen LogP contribution in [-0.2, 0) is 0 Å². The predicted molar refractivity (Wildman–Crippen MR) is 114 cm³/mol. The number of benzene rings is 3. The van der Waals surface area contributed by atoms with Crippen molar-refractivity contribution >= 4 is 0 Å². The van der Waals surface area contributed by atoms with E-state index >= 15 is 0 Å². The Bertz CT molecular complexity index is 1250. The molecule has 10 heteroatoms. The van der Waals surface area contributed by atoms with Gasteiger partial charge in [0.15, 0.2) is 23.0 Å². The number of rotatable bonds is 4. The molecule has 0 radical (unpaired) electrons. The molecule has 33 heavy (non-hydrogen) atoms. The summed E-state index contributed by atoms with van der Waals surface area (Å²) in [6.45, 7) is 2.74. The molecule has 0 heterocycles. The van der Waals surface area contributed by atoms with Gasteiger partial charge in [-0.1, -0.05) is 31.2 Å². The van der Waals surface area contributed by atoms with Gasteiger partial charge in [0.05, 0.1) is 17.2 Å². The second-order valence-electron chi connectivity index (χ2n) is 7.50. The summed E-state index contributed by atoms with van der Waals surface area (Å²) in [5.74, 6) is -10.6. The molecule has 0 bridgehead atoms. The molecule has 3 aromatic carbocycles. The molecule has 0 saturated heterocycles. The van der Waals surface area contributed by atoms with Crippen molar-refractivity contribution in [1.29, 1.82) is 5.26 Å². The molecule has 9 N–H and O–H groups in total. The monoisotopic (exact) mass is 455 g/mol. The smallest absolute Gasteiger partial charge is 0.208 e. The van der Waals surface area contributed by atoms with E-state index in [4.69, 9.17) is 0 Å². The quantitative estimate of drug-likeness (QED) is 0.207. The molecule has 3 aromatic rings.